The number of hydrogen-bond acceptors (Lipinski definition) is 1. The van der Waals surface area contributed by atoms with Crippen LogP contribution in [0.4, 0.5) is 0 Å². The summed E-state index contributed by atoms with van der Waals surface area (Å²) in [6.45, 7) is 5.77. The minimum Gasteiger partial charge on any atom is -0.348 e. The molecule has 0 radical (unpaired) electrons. The summed E-state index contributed by atoms with van der Waals surface area (Å²) in [6.07, 6.45) is 3.27. The lowest BCUT2D eigenvalue weighted by Gasteiger charge is -2.00. The van der Waals surface area contributed by atoms with E-state index in [-0.39, 0.29) is 5.91 Å². The van der Waals surface area contributed by atoms with Crippen LogP contribution in [0, 0.1) is 6.92 Å². The van der Waals surface area contributed by atoms with Gasteiger partial charge in [-0.2, -0.15) is 0 Å². The molecule has 2 nitrogen and oxygen atoms in total. The summed E-state index contributed by atoms with van der Waals surface area (Å²) < 4.78 is 0. The summed E-state index contributed by atoms with van der Waals surface area (Å²) in [7, 11) is 0. The van der Waals surface area contributed by atoms with Gasteiger partial charge in [-0.25, -0.2) is 0 Å². The van der Waals surface area contributed by atoms with Crippen molar-refractivity contribution >= 4 is 23.6 Å². The molecule has 0 bridgehead atoms. The number of carbonyl (C=O) groups is 1. The summed E-state index contributed by atoms with van der Waals surface area (Å²) in [5.41, 5.74) is 2.16. The third kappa shape index (κ3) is 4.32. The maximum Gasteiger partial charge on any atom is 0.244 e. The molecule has 1 amide bonds. The molecule has 1 aromatic rings. The van der Waals surface area contributed by atoms with Gasteiger partial charge in [-0.1, -0.05) is 42.4 Å². The minimum absolute atomic E-state index is 0.176. The highest BCUT2D eigenvalue weighted by Crippen LogP contribution is 2.08. The van der Waals surface area contributed by atoms with Gasteiger partial charge in [0.05, 0.1) is 6.54 Å². The van der Waals surface area contributed by atoms with Crippen LogP contribution in [0.25, 0.3) is 6.08 Å². The number of benzene rings is 1. The number of aryl methyl sites for hydroxylation is 1. The van der Waals surface area contributed by atoms with E-state index in [0.717, 1.165) is 11.1 Å². The Morgan fingerprint density at radius 1 is 1.50 bits per heavy atom. The van der Waals surface area contributed by atoms with Crippen LogP contribution in [0.3, 0.4) is 0 Å². The molecule has 0 spiro atoms. The standard InChI is InChI=1S/C13H14ClNO/c1-10-5-3-4-6-12(10)7-8-13(16)15-9-11(2)14/h3-8H,2,9H2,1H3,(H,15,16)/b8-7+. The van der Waals surface area contributed by atoms with E-state index in [1.54, 1.807) is 6.08 Å². The molecule has 1 N–H and O–H groups in total. The van der Waals surface area contributed by atoms with E-state index < -0.39 is 0 Å². The van der Waals surface area contributed by atoms with E-state index in [1.165, 1.54) is 6.08 Å². The molecule has 3 heteroatoms. The predicted molar refractivity (Wildman–Crippen MR) is 68.2 cm³/mol. The van der Waals surface area contributed by atoms with E-state index in [9.17, 15) is 4.79 Å². The van der Waals surface area contributed by atoms with Gasteiger partial charge in [0.25, 0.3) is 0 Å². The first kappa shape index (κ1) is 12.5. The van der Waals surface area contributed by atoms with Gasteiger partial charge in [0, 0.05) is 11.1 Å². The van der Waals surface area contributed by atoms with Crippen molar-refractivity contribution in [1.29, 1.82) is 0 Å². The zero-order valence-electron chi connectivity index (χ0n) is 9.16. The van der Waals surface area contributed by atoms with Crippen LogP contribution in [-0.2, 0) is 4.79 Å². The summed E-state index contributed by atoms with van der Waals surface area (Å²) in [5.74, 6) is -0.176. The molecule has 1 rings (SSSR count). The smallest absolute Gasteiger partial charge is 0.244 e. The first-order valence-electron chi connectivity index (χ1n) is 4.94. The Bertz CT molecular complexity index is 424. The average Bonchev–Trinajstić information content (AvgIpc) is 2.25. The van der Waals surface area contributed by atoms with E-state index in [0.29, 0.717) is 11.6 Å². The van der Waals surface area contributed by atoms with Crippen molar-refractivity contribution in [2.24, 2.45) is 0 Å². The predicted octanol–water partition coefficient (Wildman–Crippen LogP) is 2.88. The SMILES string of the molecule is C=C(Cl)CNC(=O)/C=C/c1ccccc1C. The lowest BCUT2D eigenvalue weighted by Crippen LogP contribution is -2.21. The van der Waals surface area contributed by atoms with Crippen molar-refractivity contribution < 1.29 is 4.79 Å². The fourth-order valence-corrected chi connectivity index (χ4v) is 1.25. The number of amides is 1. The Morgan fingerprint density at radius 2 is 2.19 bits per heavy atom. The molecule has 0 saturated carbocycles. The minimum atomic E-state index is -0.176. The monoisotopic (exact) mass is 235 g/mol. The van der Waals surface area contributed by atoms with Crippen LogP contribution in [-0.4, -0.2) is 12.5 Å². The Hall–Kier alpha value is -1.54. The maximum absolute atomic E-state index is 11.3. The first-order chi connectivity index (χ1) is 7.59. The molecule has 1 aromatic carbocycles. The van der Waals surface area contributed by atoms with E-state index >= 15 is 0 Å². The highest BCUT2D eigenvalue weighted by molar-refractivity contribution is 6.29. The zero-order chi connectivity index (χ0) is 12.0. The molecule has 0 aliphatic rings. The van der Waals surface area contributed by atoms with Gasteiger partial charge in [0.1, 0.15) is 0 Å². The molecule has 0 aliphatic carbocycles. The third-order valence-electron chi connectivity index (χ3n) is 2.06. The van der Waals surface area contributed by atoms with Crippen LogP contribution in [0.1, 0.15) is 11.1 Å². The van der Waals surface area contributed by atoms with Crippen molar-refractivity contribution in [3.63, 3.8) is 0 Å². The van der Waals surface area contributed by atoms with Crippen LogP contribution in [0.15, 0.2) is 42.0 Å². The first-order valence-corrected chi connectivity index (χ1v) is 5.32. The van der Waals surface area contributed by atoms with Crippen LogP contribution in [0.2, 0.25) is 0 Å². The van der Waals surface area contributed by atoms with Crippen LogP contribution >= 0.6 is 11.6 Å². The van der Waals surface area contributed by atoms with Crippen molar-refractivity contribution in [3.05, 3.63) is 53.1 Å². The topological polar surface area (TPSA) is 29.1 Å². The molecule has 0 aliphatic heterocycles. The molecule has 84 valence electrons. The lowest BCUT2D eigenvalue weighted by atomic mass is 10.1. The molecular weight excluding hydrogens is 222 g/mol. The van der Waals surface area contributed by atoms with Crippen molar-refractivity contribution in [1.82, 2.24) is 5.32 Å². The fraction of sp³-hybridized carbons (Fsp3) is 0.154. The normalized spacial score (nSPS) is 10.4. The highest BCUT2D eigenvalue weighted by atomic mass is 35.5. The molecule has 16 heavy (non-hydrogen) atoms. The highest BCUT2D eigenvalue weighted by Gasteiger charge is 1.96. The number of hydrogen-bond donors (Lipinski definition) is 1. The second kappa shape index (κ2) is 6.13. The average molecular weight is 236 g/mol. The lowest BCUT2D eigenvalue weighted by molar-refractivity contribution is -0.116. The second-order valence-corrected chi connectivity index (χ2v) is 3.96. The largest absolute Gasteiger partial charge is 0.348 e. The van der Waals surface area contributed by atoms with Gasteiger partial charge in [-0.3, -0.25) is 4.79 Å². The molecule has 0 unspecified atom stereocenters. The van der Waals surface area contributed by atoms with Crippen LogP contribution < -0.4 is 5.32 Å². The van der Waals surface area contributed by atoms with Crippen LogP contribution in [0.5, 0.6) is 0 Å². The summed E-state index contributed by atoms with van der Waals surface area (Å²) in [5, 5.41) is 3.03. The van der Waals surface area contributed by atoms with Crippen molar-refractivity contribution in [3.8, 4) is 0 Å². The van der Waals surface area contributed by atoms with Crippen molar-refractivity contribution in [2.75, 3.05) is 6.54 Å². The number of rotatable bonds is 4. The molecule has 0 heterocycles. The van der Waals surface area contributed by atoms with Crippen molar-refractivity contribution in [2.45, 2.75) is 6.92 Å². The molecule has 0 aromatic heterocycles. The number of halogens is 1. The zero-order valence-corrected chi connectivity index (χ0v) is 9.92. The van der Waals surface area contributed by atoms with E-state index in [1.807, 2.05) is 31.2 Å². The van der Waals surface area contributed by atoms with E-state index in [4.69, 9.17) is 11.6 Å². The van der Waals surface area contributed by atoms with Gasteiger partial charge >= 0.3 is 0 Å². The Kier molecular flexibility index (Phi) is 4.80. The quantitative estimate of drug-likeness (QED) is 0.799. The summed E-state index contributed by atoms with van der Waals surface area (Å²) in [4.78, 5) is 11.3. The Balaban J connectivity index is 2.57. The fourth-order valence-electron chi connectivity index (χ4n) is 1.18. The second-order valence-electron chi connectivity index (χ2n) is 3.42. The maximum atomic E-state index is 11.3. The van der Waals surface area contributed by atoms with Gasteiger partial charge in [-0.05, 0) is 24.1 Å². The van der Waals surface area contributed by atoms with Gasteiger partial charge in [0.2, 0.25) is 5.91 Å². The molecule has 0 atom stereocenters. The Labute approximate surface area is 101 Å². The third-order valence-corrected chi connectivity index (χ3v) is 2.19. The number of carbonyl (C=O) groups excluding carboxylic acids is 1. The molecule has 0 fully saturated rings. The molecular formula is C13H14ClNO. The van der Waals surface area contributed by atoms with Gasteiger partial charge in [0.15, 0.2) is 0 Å². The van der Waals surface area contributed by atoms with Gasteiger partial charge < -0.3 is 5.32 Å². The van der Waals surface area contributed by atoms with Gasteiger partial charge in [-0.15, -0.1) is 0 Å². The Morgan fingerprint density at radius 3 is 2.81 bits per heavy atom. The summed E-state index contributed by atoms with van der Waals surface area (Å²) in [6, 6.07) is 7.85. The molecule has 0 saturated heterocycles. The van der Waals surface area contributed by atoms with E-state index in [2.05, 4.69) is 11.9 Å². The number of nitrogens with one attached hydrogen (secondary N) is 1. The summed E-state index contributed by atoms with van der Waals surface area (Å²) >= 11 is 5.53.